The smallest absolute Gasteiger partial charge is 0.251 e. The average molecular weight is 225 g/mol. The molecule has 15 heavy (non-hydrogen) atoms. The Kier molecular flexibility index (Phi) is 7.10. The van der Waals surface area contributed by atoms with E-state index in [4.69, 9.17) is 10.9 Å². The number of amides is 1. The van der Waals surface area contributed by atoms with Crippen molar-refractivity contribution >= 4 is 5.91 Å². The van der Waals surface area contributed by atoms with E-state index < -0.39 is 24.9 Å². The van der Waals surface area contributed by atoms with Gasteiger partial charge >= 0.3 is 0 Å². The second-order valence-electron chi connectivity index (χ2n) is 3.04. The highest BCUT2D eigenvalue weighted by molar-refractivity contribution is 5.81. The Bertz CT molecular complexity index is 193. The number of nitrogens with two attached hydrogens (primary N) is 1. The van der Waals surface area contributed by atoms with E-state index in [0.717, 1.165) is 0 Å². The lowest BCUT2D eigenvalue weighted by atomic mass is 10.1. The first-order chi connectivity index (χ1) is 7.06. The predicted octanol–water partition coefficient (Wildman–Crippen LogP) is -0.686. The number of hydrazine groups is 1. The Morgan fingerprint density at radius 2 is 2.20 bits per heavy atom. The minimum atomic E-state index is -2.55. The number of aliphatic hydroxyl groups is 1. The zero-order valence-corrected chi connectivity index (χ0v) is 8.62. The van der Waals surface area contributed by atoms with Crippen molar-refractivity contribution < 1.29 is 18.7 Å². The third-order valence-electron chi connectivity index (χ3n) is 2.03. The molecule has 0 rings (SSSR count). The van der Waals surface area contributed by atoms with Gasteiger partial charge in [-0.05, 0) is 6.42 Å². The first kappa shape index (κ1) is 14.2. The summed E-state index contributed by atoms with van der Waals surface area (Å²) in [6.45, 7) is 0.888. The van der Waals surface area contributed by atoms with Gasteiger partial charge in [0.05, 0.1) is 19.2 Å². The van der Waals surface area contributed by atoms with Gasteiger partial charge in [0.25, 0.3) is 12.3 Å². The normalized spacial score (nSPS) is 13.3. The number of hydrogen-bond acceptors (Lipinski definition) is 4. The summed E-state index contributed by atoms with van der Waals surface area (Å²) in [7, 11) is 0. The highest BCUT2D eigenvalue weighted by Crippen LogP contribution is 2.07. The first-order valence-corrected chi connectivity index (χ1v) is 4.70. The third kappa shape index (κ3) is 5.01. The van der Waals surface area contributed by atoms with Crippen molar-refractivity contribution in [3.05, 3.63) is 0 Å². The maximum Gasteiger partial charge on any atom is 0.251 e. The Morgan fingerprint density at radius 1 is 1.60 bits per heavy atom. The molecule has 0 aromatic rings. The van der Waals surface area contributed by atoms with Crippen LogP contribution in [0, 0.1) is 0 Å². The number of hydrogen-bond donors (Lipinski definition) is 3. The van der Waals surface area contributed by atoms with Crippen LogP contribution >= 0.6 is 0 Å². The molecule has 5 nitrogen and oxygen atoms in total. The maximum atomic E-state index is 12.2. The van der Waals surface area contributed by atoms with Gasteiger partial charge in [-0.15, -0.1) is 0 Å². The molecule has 1 unspecified atom stereocenters. The second kappa shape index (κ2) is 7.49. The minimum absolute atomic E-state index is 0.0241. The van der Waals surface area contributed by atoms with E-state index in [1.54, 1.807) is 6.92 Å². The fraction of sp³-hybridized carbons (Fsp3) is 0.875. The van der Waals surface area contributed by atoms with Crippen molar-refractivity contribution in [2.75, 3.05) is 19.7 Å². The monoisotopic (exact) mass is 225 g/mol. The Hall–Kier alpha value is -0.790. The molecule has 0 aliphatic carbocycles. The largest absolute Gasteiger partial charge is 0.395 e. The molecular weight excluding hydrogens is 208 g/mol. The van der Waals surface area contributed by atoms with E-state index in [9.17, 15) is 13.6 Å². The predicted molar refractivity (Wildman–Crippen MR) is 51.1 cm³/mol. The lowest BCUT2D eigenvalue weighted by Crippen LogP contribution is -2.51. The molecule has 0 saturated heterocycles. The molecule has 7 heteroatoms. The molecule has 0 radical (unpaired) electrons. The molecule has 4 N–H and O–H groups in total. The van der Waals surface area contributed by atoms with Crippen LogP contribution in [0.4, 0.5) is 8.78 Å². The number of alkyl halides is 2. The zero-order chi connectivity index (χ0) is 11.8. The number of carbonyl (C=O) groups excluding carboxylic acids is 1. The average Bonchev–Trinajstić information content (AvgIpc) is 2.18. The second-order valence-corrected chi connectivity index (χ2v) is 3.04. The van der Waals surface area contributed by atoms with E-state index in [0.29, 0.717) is 6.42 Å². The van der Waals surface area contributed by atoms with Gasteiger partial charge in [-0.1, -0.05) is 6.92 Å². The molecule has 1 atom stereocenters. The van der Waals surface area contributed by atoms with Gasteiger partial charge in [0.2, 0.25) is 0 Å². The highest BCUT2D eigenvalue weighted by Gasteiger charge is 2.25. The molecule has 90 valence electrons. The van der Waals surface area contributed by atoms with Gasteiger partial charge in [0.1, 0.15) is 0 Å². The van der Waals surface area contributed by atoms with Crippen LogP contribution in [0.1, 0.15) is 13.3 Å². The van der Waals surface area contributed by atoms with Crippen LogP contribution in [0.25, 0.3) is 0 Å². The Balaban J connectivity index is 4.46. The van der Waals surface area contributed by atoms with Crippen LogP contribution in [0.3, 0.4) is 0 Å². The fourth-order valence-electron chi connectivity index (χ4n) is 1.39. The van der Waals surface area contributed by atoms with Gasteiger partial charge in [-0.2, -0.15) is 0 Å². The van der Waals surface area contributed by atoms with Crippen LogP contribution in [-0.2, 0) is 4.79 Å². The molecule has 1 amide bonds. The summed E-state index contributed by atoms with van der Waals surface area (Å²) >= 11 is 0. The number of nitrogens with zero attached hydrogens (tertiary/aromatic N) is 1. The Morgan fingerprint density at radius 3 is 2.53 bits per heavy atom. The number of aliphatic hydroxyl groups excluding tert-OH is 1. The number of nitrogens with one attached hydrogen (secondary N) is 1. The van der Waals surface area contributed by atoms with Gasteiger partial charge in [-0.25, -0.2) is 14.6 Å². The van der Waals surface area contributed by atoms with Crippen LogP contribution in [0.2, 0.25) is 0 Å². The lowest BCUT2D eigenvalue weighted by molar-refractivity contribution is -0.127. The summed E-state index contributed by atoms with van der Waals surface area (Å²) in [6.07, 6.45) is -2.19. The summed E-state index contributed by atoms with van der Waals surface area (Å²) in [4.78, 5) is 12.5. The van der Waals surface area contributed by atoms with Crippen LogP contribution in [0.15, 0.2) is 0 Å². The van der Waals surface area contributed by atoms with Crippen molar-refractivity contribution in [3.63, 3.8) is 0 Å². The van der Waals surface area contributed by atoms with Gasteiger partial charge in [-0.3, -0.25) is 15.1 Å². The van der Waals surface area contributed by atoms with Crippen LogP contribution < -0.4 is 11.3 Å². The Labute approximate surface area is 87.2 Å². The summed E-state index contributed by atoms with van der Waals surface area (Å²) in [6, 6.07) is -0.726. The summed E-state index contributed by atoms with van der Waals surface area (Å²) < 4.78 is 24.4. The molecule has 0 saturated carbocycles. The first-order valence-electron chi connectivity index (χ1n) is 4.70. The fourth-order valence-corrected chi connectivity index (χ4v) is 1.39. The number of rotatable bonds is 7. The zero-order valence-electron chi connectivity index (χ0n) is 8.62. The standard InChI is InChI=1S/C8H17F2N3O2/c1-2-6(8(15)12-11)13(3-4-14)5-7(9)10/h6-7,14H,2-5,11H2,1H3,(H,12,15). The molecule has 0 aliphatic rings. The van der Waals surface area contributed by atoms with E-state index in [-0.39, 0.29) is 13.2 Å². The molecule has 0 heterocycles. The van der Waals surface area contributed by atoms with Crippen LogP contribution in [-0.4, -0.2) is 48.1 Å². The molecule has 0 spiro atoms. The van der Waals surface area contributed by atoms with Crippen molar-refractivity contribution in [2.24, 2.45) is 5.84 Å². The molecule has 0 aromatic carbocycles. The van der Waals surface area contributed by atoms with E-state index in [2.05, 4.69) is 0 Å². The molecular formula is C8H17F2N3O2. The molecule has 0 aliphatic heterocycles. The topological polar surface area (TPSA) is 78.6 Å². The van der Waals surface area contributed by atoms with Crippen molar-refractivity contribution in [2.45, 2.75) is 25.8 Å². The highest BCUT2D eigenvalue weighted by atomic mass is 19.3. The summed E-state index contributed by atoms with van der Waals surface area (Å²) in [5.41, 5.74) is 1.92. The minimum Gasteiger partial charge on any atom is -0.395 e. The number of carbonyl (C=O) groups is 1. The van der Waals surface area contributed by atoms with Gasteiger partial charge < -0.3 is 5.11 Å². The number of halogens is 2. The van der Waals surface area contributed by atoms with Crippen molar-refractivity contribution in [1.82, 2.24) is 10.3 Å². The van der Waals surface area contributed by atoms with Crippen LogP contribution in [0.5, 0.6) is 0 Å². The molecule has 0 bridgehead atoms. The lowest BCUT2D eigenvalue weighted by Gasteiger charge is -2.28. The van der Waals surface area contributed by atoms with Crippen molar-refractivity contribution in [3.8, 4) is 0 Å². The molecule has 0 fully saturated rings. The quantitative estimate of drug-likeness (QED) is 0.304. The van der Waals surface area contributed by atoms with Crippen molar-refractivity contribution in [1.29, 1.82) is 0 Å². The van der Waals surface area contributed by atoms with Gasteiger partial charge in [0.15, 0.2) is 0 Å². The SMILES string of the molecule is CCC(C(=O)NN)N(CCO)CC(F)F. The third-order valence-corrected chi connectivity index (χ3v) is 2.03. The summed E-state index contributed by atoms with van der Waals surface area (Å²) in [5, 5.41) is 8.70. The van der Waals surface area contributed by atoms with E-state index >= 15 is 0 Å². The van der Waals surface area contributed by atoms with Gasteiger partial charge in [0, 0.05) is 6.54 Å². The van der Waals surface area contributed by atoms with E-state index in [1.165, 1.54) is 4.90 Å². The molecule has 0 aromatic heterocycles. The maximum absolute atomic E-state index is 12.2. The van der Waals surface area contributed by atoms with E-state index in [1.807, 2.05) is 5.43 Å². The summed E-state index contributed by atoms with van der Waals surface area (Å²) in [5.74, 6) is 4.42.